The number of anilines is 1. The number of halogens is 2. The van der Waals surface area contributed by atoms with Gasteiger partial charge in [0.2, 0.25) is 0 Å². The van der Waals surface area contributed by atoms with Crippen LogP contribution in [-0.4, -0.2) is 55.6 Å². The number of carbonyl (C=O) groups is 2. The van der Waals surface area contributed by atoms with E-state index in [9.17, 15) is 14.0 Å². The largest absolute Gasteiger partial charge is 0.378 e. The van der Waals surface area contributed by atoms with E-state index in [2.05, 4.69) is 10.6 Å². The highest BCUT2D eigenvalue weighted by Gasteiger charge is 2.44. The van der Waals surface area contributed by atoms with E-state index in [4.69, 9.17) is 16.3 Å². The SMILES string of the molecule is CN1CCc2cc(NC(=O)C3(NC(=O)c4ccc(Cl)s4)CCOC3)ccc2C(F)C1. The molecule has 1 fully saturated rings. The van der Waals surface area contributed by atoms with Crippen molar-refractivity contribution < 1.29 is 18.7 Å². The lowest BCUT2D eigenvalue weighted by atomic mass is 9.96. The number of hydrogen-bond acceptors (Lipinski definition) is 5. The topological polar surface area (TPSA) is 70.7 Å². The van der Waals surface area contributed by atoms with Gasteiger partial charge in [0.15, 0.2) is 0 Å². The molecular weight excluding hydrogens is 429 g/mol. The molecule has 6 nitrogen and oxygen atoms in total. The van der Waals surface area contributed by atoms with Crippen LogP contribution in [0.5, 0.6) is 0 Å². The number of likely N-dealkylation sites (N-methyl/N-ethyl adjacent to an activating group) is 1. The molecule has 0 spiro atoms. The van der Waals surface area contributed by atoms with Gasteiger partial charge in [-0.25, -0.2) is 4.39 Å². The second kappa shape index (κ2) is 8.63. The summed E-state index contributed by atoms with van der Waals surface area (Å²) in [5, 5.41) is 5.73. The Morgan fingerprint density at radius 1 is 1.33 bits per heavy atom. The molecule has 1 aromatic heterocycles. The summed E-state index contributed by atoms with van der Waals surface area (Å²) in [4.78, 5) is 28.2. The van der Waals surface area contributed by atoms with Crippen LogP contribution in [-0.2, 0) is 16.0 Å². The molecule has 2 N–H and O–H groups in total. The van der Waals surface area contributed by atoms with Crippen molar-refractivity contribution >= 4 is 40.4 Å². The van der Waals surface area contributed by atoms with Crippen LogP contribution in [0.2, 0.25) is 4.34 Å². The van der Waals surface area contributed by atoms with E-state index in [0.29, 0.717) is 46.5 Å². The Labute approximate surface area is 183 Å². The summed E-state index contributed by atoms with van der Waals surface area (Å²) in [5.41, 5.74) is 0.969. The third-order valence-electron chi connectivity index (χ3n) is 5.58. The third kappa shape index (κ3) is 4.37. The van der Waals surface area contributed by atoms with Crippen LogP contribution in [0.15, 0.2) is 30.3 Å². The molecule has 0 radical (unpaired) electrons. The summed E-state index contributed by atoms with van der Waals surface area (Å²) >= 11 is 7.07. The zero-order valence-electron chi connectivity index (χ0n) is 16.5. The molecule has 2 aliphatic rings. The first-order valence-corrected chi connectivity index (χ1v) is 11.0. The first kappa shape index (κ1) is 21.2. The zero-order valence-corrected chi connectivity index (χ0v) is 18.1. The van der Waals surface area contributed by atoms with Crippen molar-refractivity contribution in [2.45, 2.75) is 24.6 Å². The zero-order chi connectivity index (χ0) is 21.3. The number of amides is 2. The number of ether oxygens (including phenoxy) is 1. The van der Waals surface area contributed by atoms with E-state index in [-0.39, 0.29) is 18.4 Å². The molecule has 4 rings (SSSR count). The molecule has 0 bridgehead atoms. The lowest BCUT2D eigenvalue weighted by molar-refractivity contribution is -0.122. The maximum absolute atomic E-state index is 14.5. The molecular formula is C21H23ClFN3O3S. The van der Waals surface area contributed by atoms with Gasteiger partial charge in [-0.2, -0.15) is 0 Å². The molecule has 0 saturated carbocycles. The van der Waals surface area contributed by atoms with Crippen molar-refractivity contribution in [3.05, 3.63) is 50.7 Å². The van der Waals surface area contributed by atoms with Crippen molar-refractivity contribution in [1.82, 2.24) is 10.2 Å². The van der Waals surface area contributed by atoms with E-state index >= 15 is 0 Å². The summed E-state index contributed by atoms with van der Waals surface area (Å²) in [6, 6.07) is 8.53. The van der Waals surface area contributed by atoms with Gasteiger partial charge in [-0.1, -0.05) is 17.7 Å². The van der Waals surface area contributed by atoms with Crippen LogP contribution in [0.3, 0.4) is 0 Å². The Bertz CT molecular complexity index is 961. The second-order valence-electron chi connectivity index (χ2n) is 7.79. The first-order chi connectivity index (χ1) is 14.4. The number of alkyl halides is 1. The maximum Gasteiger partial charge on any atom is 0.262 e. The van der Waals surface area contributed by atoms with E-state index in [1.165, 1.54) is 0 Å². The smallest absolute Gasteiger partial charge is 0.262 e. The molecule has 2 aliphatic heterocycles. The van der Waals surface area contributed by atoms with Crippen molar-refractivity contribution in [2.24, 2.45) is 0 Å². The predicted molar refractivity (Wildman–Crippen MR) is 115 cm³/mol. The van der Waals surface area contributed by atoms with Crippen LogP contribution in [0, 0.1) is 0 Å². The minimum Gasteiger partial charge on any atom is -0.378 e. The second-order valence-corrected chi connectivity index (χ2v) is 9.51. The highest BCUT2D eigenvalue weighted by Crippen LogP contribution is 2.30. The van der Waals surface area contributed by atoms with E-state index < -0.39 is 11.7 Å². The summed E-state index contributed by atoms with van der Waals surface area (Å²) in [6.07, 6.45) is 0.0234. The number of rotatable bonds is 4. The number of carbonyl (C=O) groups excluding carboxylic acids is 2. The minimum atomic E-state index is -1.16. The molecule has 2 aromatic rings. The molecule has 3 heterocycles. The standard InChI is InChI=1S/C21H23ClFN3O3S/c1-26-8-6-13-10-14(2-3-15(13)16(23)11-26)24-20(28)21(7-9-29-12-21)25-19(27)17-4-5-18(22)30-17/h2-5,10,16H,6-9,11-12H2,1H3,(H,24,28)(H,25,27). The van der Waals surface area contributed by atoms with Gasteiger partial charge >= 0.3 is 0 Å². The molecule has 160 valence electrons. The molecule has 30 heavy (non-hydrogen) atoms. The molecule has 0 aliphatic carbocycles. The summed E-state index contributed by atoms with van der Waals surface area (Å²) < 4.78 is 20.4. The number of hydrogen-bond donors (Lipinski definition) is 2. The molecule has 2 atom stereocenters. The van der Waals surface area contributed by atoms with E-state index in [1.807, 2.05) is 18.0 Å². The Hall–Kier alpha value is -2.00. The maximum atomic E-state index is 14.5. The van der Waals surface area contributed by atoms with Gasteiger partial charge in [-0.05, 0) is 48.9 Å². The number of thiophene rings is 1. The van der Waals surface area contributed by atoms with Crippen LogP contribution in [0.4, 0.5) is 10.1 Å². The molecule has 2 unspecified atom stereocenters. The summed E-state index contributed by atoms with van der Waals surface area (Å²) in [7, 11) is 1.90. The molecule has 1 aromatic carbocycles. The predicted octanol–water partition coefficient (Wildman–Crippen LogP) is 3.43. The monoisotopic (exact) mass is 451 g/mol. The number of fused-ring (bicyclic) bond motifs is 1. The summed E-state index contributed by atoms with van der Waals surface area (Å²) in [5.74, 6) is -0.712. The minimum absolute atomic E-state index is 0.0893. The lowest BCUT2D eigenvalue weighted by Gasteiger charge is -2.27. The van der Waals surface area contributed by atoms with Gasteiger partial charge in [-0.3, -0.25) is 9.59 Å². The van der Waals surface area contributed by atoms with Crippen molar-refractivity contribution in [3.63, 3.8) is 0 Å². The highest BCUT2D eigenvalue weighted by molar-refractivity contribution is 7.18. The van der Waals surface area contributed by atoms with Crippen LogP contribution >= 0.6 is 22.9 Å². The lowest BCUT2D eigenvalue weighted by Crippen LogP contribution is -2.57. The molecule has 1 saturated heterocycles. The third-order valence-corrected chi connectivity index (χ3v) is 6.81. The average Bonchev–Trinajstić information content (AvgIpc) is 3.33. The van der Waals surface area contributed by atoms with E-state index in [0.717, 1.165) is 23.4 Å². The van der Waals surface area contributed by atoms with Gasteiger partial charge in [-0.15, -0.1) is 11.3 Å². The Balaban J connectivity index is 1.52. The van der Waals surface area contributed by atoms with Gasteiger partial charge in [0.1, 0.15) is 11.7 Å². The molecule has 2 amide bonds. The van der Waals surface area contributed by atoms with Gasteiger partial charge < -0.3 is 20.3 Å². The quantitative estimate of drug-likeness (QED) is 0.747. The van der Waals surface area contributed by atoms with Gasteiger partial charge in [0, 0.05) is 31.8 Å². The van der Waals surface area contributed by atoms with Crippen molar-refractivity contribution in [3.8, 4) is 0 Å². The summed E-state index contributed by atoms with van der Waals surface area (Å²) in [6.45, 7) is 1.57. The molecule has 9 heteroatoms. The Morgan fingerprint density at radius 2 is 2.17 bits per heavy atom. The fraction of sp³-hybridized carbons (Fsp3) is 0.429. The van der Waals surface area contributed by atoms with Gasteiger partial charge in [0.25, 0.3) is 11.8 Å². The fourth-order valence-corrected chi connectivity index (χ4v) is 4.78. The average molecular weight is 452 g/mol. The first-order valence-electron chi connectivity index (χ1n) is 9.79. The van der Waals surface area contributed by atoms with Crippen LogP contribution < -0.4 is 10.6 Å². The van der Waals surface area contributed by atoms with Gasteiger partial charge in [0.05, 0.1) is 15.8 Å². The Morgan fingerprint density at radius 3 is 2.87 bits per heavy atom. The number of nitrogens with zero attached hydrogens (tertiary/aromatic N) is 1. The van der Waals surface area contributed by atoms with Crippen molar-refractivity contribution in [1.29, 1.82) is 0 Å². The van der Waals surface area contributed by atoms with Crippen LogP contribution in [0.25, 0.3) is 0 Å². The van der Waals surface area contributed by atoms with E-state index in [1.54, 1.807) is 24.3 Å². The number of benzene rings is 1. The van der Waals surface area contributed by atoms with Crippen LogP contribution in [0.1, 0.15) is 33.4 Å². The fourth-order valence-electron chi connectivity index (χ4n) is 3.85. The van der Waals surface area contributed by atoms with Crippen molar-refractivity contribution in [2.75, 3.05) is 38.7 Å². The normalized spacial score (nSPS) is 24.2. The number of nitrogens with one attached hydrogen (secondary N) is 2. The Kier molecular flexibility index (Phi) is 6.11. The highest BCUT2D eigenvalue weighted by atomic mass is 35.5.